The van der Waals surface area contributed by atoms with Crippen molar-refractivity contribution in [1.29, 1.82) is 0 Å². The van der Waals surface area contributed by atoms with Crippen molar-refractivity contribution in [3.63, 3.8) is 0 Å². The van der Waals surface area contributed by atoms with Crippen LogP contribution in [-0.2, 0) is 4.79 Å². The van der Waals surface area contributed by atoms with E-state index < -0.39 is 23.2 Å². The zero-order valence-electron chi connectivity index (χ0n) is 11.8. The number of ether oxygens (including phenoxy) is 1. The van der Waals surface area contributed by atoms with Gasteiger partial charge in [0.2, 0.25) is 0 Å². The Morgan fingerprint density at radius 1 is 1.38 bits per heavy atom. The van der Waals surface area contributed by atoms with Crippen LogP contribution in [0.15, 0.2) is 18.2 Å². The number of amides is 1. The second-order valence-corrected chi connectivity index (χ2v) is 5.36. The maximum atomic E-state index is 13.4. The highest BCUT2D eigenvalue weighted by atomic mass is 19.1. The molecule has 1 aromatic rings. The van der Waals surface area contributed by atoms with Crippen LogP contribution in [0.4, 0.5) is 4.39 Å². The number of nitrogens with one attached hydrogen (secondary N) is 1. The summed E-state index contributed by atoms with van der Waals surface area (Å²) in [7, 11) is 1.32. The molecule has 0 saturated heterocycles. The van der Waals surface area contributed by atoms with Crippen molar-refractivity contribution < 1.29 is 23.8 Å². The standard InChI is InChI=1S/C15H18FNO4/c1-21-12-8-10(4-5-11(12)16)14(20)17-15(9-13(18)19)6-2-3-7-15/h4-5,8H,2-3,6-7,9H2,1H3,(H,17,20)(H,18,19). The van der Waals surface area contributed by atoms with Crippen molar-refractivity contribution >= 4 is 11.9 Å². The lowest BCUT2D eigenvalue weighted by Crippen LogP contribution is -2.47. The maximum absolute atomic E-state index is 13.4. The summed E-state index contributed by atoms with van der Waals surface area (Å²) in [5, 5.41) is 11.8. The normalized spacial score (nSPS) is 16.5. The summed E-state index contributed by atoms with van der Waals surface area (Å²) < 4.78 is 18.2. The summed E-state index contributed by atoms with van der Waals surface area (Å²) >= 11 is 0. The Morgan fingerprint density at radius 2 is 2.05 bits per heavy atom. The van der Waals surface area contributed by atoms with E-state index >= 15 is 0 Å². The molecule has 0 aromatic heterocycles. The third kappa shape index (κ3) is 3.51. The fourth-order valence-electron chi connectivity index (χ4n) is 2.80. The van der Waals surface area contributed by atoms with Gasteiger partial charge in [-0.2, -0.15) is 0 Å². The lowest BCUT2D eigenvalue weighted by molar-refractivity contribution is -0.138. The smallest absolute Gasteiger partial charge is 0.305 e. The van der Waals surface area contributed by atoms with Gasteiger partial charge in [-0.3, -0.25) is 9.59 Å². The van der Waals surface area contributed by atoms with E-state index in [0.29, 0.717) is 12.8 Å². The summed E-state index contributed by atoms with van der Waals surface area (Å²) in [6, 6.07) is 3.83. The second kappa shape index (κ2) is 6.11. The molecule has 1 amide bonds. The molecule has 0 radical (unpaired) electrons. The molecule has 1 aliphatic rings. The first-order valence-corrected chi connectivity index (χ1v) is 6.84. The highest BCUT2D eigenvalue weighted by molar-refractivity contribution is 5.95. The molecule has 1 saturated carbocycles. The largest absolute Gasteiger partial charge is 0.494 e. The number of hydrogen-bond donors (Lipinski definition) is 2. The molecule has 2 N–H and O–H groups in total. The monoisotopic (exact) mass is 295 g/mol. The van der Waals surface area contributed by atoms with Crippen LogP contribution >= 0.6 is 0 Å². The summed E-state index contributed by atoms with van der Waals surface area (Å²) in [4.78, 5) is 23.3. The minimum absolute atomic E-state index is 0.0126. The van der Waals surface area contributed by atoms with Gasteiger partial charge in [0.15, 0.2) is 11.6 Å². The van der Waals surface area contributed by atoms with Gasteiger partial charge in [-0.25, -0.2) is 4.39 Å². The van der Waals surface area contributed by atoms with Crippen LogP contribution in [0.5, 0.6) is 5.75 Å². The fraction of sp³-hybridized carbons (Fsp3) is 0.467. The summed E-state index contributed by atoms with van der Waals surface area (Å²) in [5.74, 6) is -1.90. The molecule has 6 heteroatoms. The average Bonchev–Trinajstić information content (AvgIpc) is 2.86. The minimum atomic E-state index is -0.936. The van der Waals surface area contributed by atoms with E-state index in [4.69, 9.17) is 9.84 Å². The van der Waals surface area contributed by atoms with E-state index in [1.54, 1.807) is 0 Å². The lowest BCUT2D eigenvalue weighted by atomic mass is 9.92. The van der Waals surface area contributed by atoms with Gasteiger partial charge >= 0.3 is 5.97 Å². The van der Waals surface area contributed by atoms with Crippen LogP contribution in [-0.4, -0.2) is 29.6 Å². The molecule has 1 fully saturated rings. The molecule has 1 aliphatic carbocycles. The second-order valence-electron chi connectivity index (χ2n) is 5.36. The molecular formula is C15H18FNO4. The van der Waals surface area contributed by atoms with E-state index in [-0.39, 0.29) is 17.7 Å². The first-order chi connectivity index (χ1) is 9.96. The zero-order valence-corrected chi connectivity index (χ0v) is 11.8. The van der Waals surface area contributed by atoms with E-state index in [0.717, 1.165) is 18.9 Å². The SMILES string of the molecule is COc1cc(C(=O)NC2(CC(=O)O)CCCC2)ccc1F. The average molecular weight is 295 g/mol. The van der Waals surface area contributed by atoms with Gasteiger partial charge in [-0.15, -0.1) is 0 Å². The first-order valence-electron chi connectivity index (χ1n) is 6.84. The van der Waals surface area contributed by atoms with Crippen molar-refractivity contribution in [3.05, 3.63) is 29.6 Å². The van der Waals surface area contributed by atoms with Crippen molar-refractivity contribution in [2.24, 2.45) is 0 Å². The quantitative estimate of drug-likeness (QED) is 0.874. The van der Waals surface area contributed by atoms with Crippen LogP contribution in [0.25, 0.3) is 0 Å². The number of halogens is 1. The van der Waals surface area contributed by atoms with Crippen LogP contribution in [0.3, 0.4) is 0 Å². The molecule has 0 bridgehead atoms. The molecule has 114 valence electrons. The van der Waals surface area contributed by atoms with Gasteiger partial charge in [-0.05, 0) is 31.0 Å². The van der Waals surface area contributed by atoms with Gasteiger partial charge in [0, 0.05) is 5.56 Å². The molecule has 0 aliphatic heterocycles. The molecule has 21 heavy (non-hydrogen) atoms. The third-order valence-electron chi connectivity index (χ3n) is 3.84. The van der Waals surface area contributed by atoms with Gasteiger partial charge in [0.25, 0.3) is 5.91 Å². The van der Waals surface area contributed by atoms with E-state index in [2.05, 4.69) is 5.32 Å². The molecule has 2 rings (SSSR count). The molecule has 0 heterocycles. The van der Waals surface area contributed by atoms with Gasteiger partial charge in [0.05, 0.1) is 19.1 Å². The van der Waals surface area contributed by atoms with Crippen molar-refractivity contribution in [1.82, 2.24) is 5.32 Å². The maximum Gasteiger partial charge on any atom is 0.305 e. The highest BCUT2D eigenvalue weighted by Crippen LogP contribution is 2.33. The van der Waals surface area contributed by atoms with Crippen molar-refractivity contribution in [2.45, 2.75) is 37.6 Å². The Balaban J connectivity index is 2.17. The number of benzene rings is 1. The Kier molecular flexibility index (Phi) is 4.45. The Bertz CT molecular complexity index is 553. The number of hydrogen-bond acceptors (Lipinski definition) is 3. The van der Waals surface area contributed by atoms with Crippen molar-refractivity contribution in [3.8, 4) is 5.75 Å². The lowest BCUT2D eigenvalue weighted by Gasteiger charge is -2.28. The molecule has 0 atom stereocenters. The first kappa shape index (κ1) is 15.3. The van der Waals surface area contributed by atoms with Crippen LogP contribution in [0.2, 0.25) is 0 Å². The van der Waals surface area contributed by atoms with Crippen LogP contribution < -0.4 is 10.1 Å². The Hall–Kier alpha value is -2.11. The topological polar surface area (TPSA) is 75.6 Å². The van der Waals surface area contributed by atoms with E-state index in [1.807, 2.05) is 0 Å². The zero-order chi connectivity index (χ0) is 15.5. The summed E-state index contributed by atoms with van der Waals surface area (Å²) in [5.41, 5.74) is -0.449. The van der Waals surface area contributed by atoms with Gasteiger partial charge < -0.3 is 15.2 Å². The number of carbonyl (C=O) groups is 2. The number of aliphatic carboxylic acids is 1. The minimum Gasteiger partial charge on any atom is -0.494 e. The summed E-state index contributed by atoms with van der Waals surface area (Å²) in [6.07, 6.45) is 2.96. The molecular weight excluding hydrogens is 277 g/mol. The number of rotatable bonds is 5. The Morgan fingerprint density at radius 3 is 2.62 bits per heavy atom. The predicted molar refractivity (Wildman–Crippen MR) is 73.9 cm³/mol. The third-order valence-corrected chi connectivity index (χ3v) is 3.84. The van der Waals surface area contributed by atoms with E-state index in [1.165, 1.54) is 19.2 Å². The highest BCUT2D eigenvalue weighted by Gasteiger charge is 2.37. The number of methoxy groups -OCH3 is 1. The number of carboxylic acids is 1. The molecule has 0 unspecified atom stereocenters. The van der Waals surface area contributed by atoms with Gasteiger partial charge in [-0.1, -0.05) is 12.8 Å². The predicted octanol–water partition coefficient (Wildman–Crippen LogP) is 2.35. The van der Waals surface area contributed by atoms with Crippen molar-refractivity contribution in [2.75, 3.05) is 7.11 Å². The number of carboxylic acid groups (broad SMARTS) is 1. The van der Waals surface area contributed by atoms with Crippen LogP contribution in [0, 0.1) is 5.82 Å². The molecule has 5 nitrogen and oxygen atoms in total. The van der Waals surface area contributed by atoms with Crippen LogP contribution in [0.1, 0.15) is 42.5 Å². The molecule has 0 spiro atoms. The Labute approximate surface area is 122 Å². The molecule has 1 aromatic carbocycles. The van der Waals surface area contributed by atoms with E-state index in [9.17, 15) is 14.0 Å². The number of carbonyl (C=O) groups excluding carboxylic acids is 1. The summed E-state index contributed by atoms with van der Waals surface area (Å²) in [6.45, 7) is 0. The van der Waals surface area contributed by atoms with Gasteiger partial charge in [0.1, 0.15) is 0 Å². The fourth-order valence-corrected chi connectivity index (χ4v) is 2.80.